The molecule has 0 saturated carbocycles. The molecule has 0 radical (unpaired) electrons. The van der Waals surface area contributed by atoms with Crippen LogP contribution in [0.4, 0.5) is 11.4 Å². The maximum Gasteiger partial charge on any atom is 0.262 e. The van der Waals surface area contributed by atoms with E-state index in [2.05, 4.69) is 17.0 Å². The van der Waals surface area contributed by atoms with E-state index in [-0.39, 0.29) is 5.91 Å². The first-order valence-electron chi connectivity index (χ1n) is 10.8. The predicted molar refractivity (Wildman–Crippen MR) is 136 cm³/mol. The lowest BCUT2D eigenvalue weighted by molar-refractivity contribution is 0.0968. The second-order valence-electron chi connectivity index (χ2n) is 8.19. The average Bonchev–Trinajstić information content (AvgIpc) is 2.84. The Morgan fingerprint density at radius 3 is 2.21 bits per heavy atom. The minimum Gasteiger partial charge on any atom is -0.342 e. The summed E-state index contributed by atoms with van der Waals surface area (Å²) in [7, 11) is 0. The van der Waals surface area contributed by atoms with Crippen molar-refractivity contribution in [1.82, 2.24) is 0 Å². The van der Waals surface area contributed by atoms with Gasteiger partial charge >= 0.3 is 0 Å². The maximum absolute atomic E-state index is 13.9. The van der Waals surface area contributed by atoms with Crippen LogP contribution in [0.15, 0.2) is 97.1 Å². The Hall–Kier alpha value is -3.27. The Morgan fingerprint density at radius 1 is 0.788 bits per heavy atom. The largest absolute Gasteiger partial charge is 0.342 e. The Bertz CT molecular complexity index is 1310. The van der Waals surface area contributed by atoms with E-state index in [1.54, 1.807) is 6.07 Å². The van der Waals surface area contributed by atoms with Crippen molar-refractivity contribution in [3.8, 4) is 0 Å². The molecular weight excluding hydrogens is 451 g/mol. The van der Waals surface area contributed by atoms with Crippen LogP contribution in [0.25, 0.3) is 0 Å². The van der Waals surface area contributed by atoms with E-state index >= 15 is 0 Å². The number of rotatable bonds is 4. The number of carbonyl (C=O) groups is 1. The van der Waals surface area contributed by atoms with Crippen molar-refractivity contribution in [1.29, 1.82) is 0 Å². The number of anilines is 2. The molecule has 4 aromatic rings. The van der Waals surface area contributed by atoms with Gasteiger partial charge in [-0.3, -0.25) is 9.69 Å². The third-order valence-corrected chi connectivity index (χ3v) is 6.69. The SMILES string of the molecule is Cc1ccc(N2C(=O)c3ccccc3N(Cc3ccccc3)[C@H]2c2ccc(Cl)c(Cl)c2)cc1. The van der Waals surface area contributed by atoms with E-state index in [0.717, 1.165) is 28.1 Å². The van der Waals surface area contributed by atoms with Gasteiger partial charge in [-0.1, -0.05) is 89.4 Å². The first-order valence-corrected chi connectivity index (χ1v) is 11.5. The summed E-state index contributed by atoms with van der Waals surface area (Å²) in [6.45, 7) is 2.66. The second-order valence-corrected chi connectivity index (χ2v) is 9.00. The third-order valence-electron chi connectivity index (χ3n) is 5.95. The molecular formula is C28H22Cl2N2O. The van der Waals surface area contributed by atoms with Crippen LogP contribution in [0.2, 0.25) is 10.0 Å². The van der Waals surface area contributed by atoms with Crippen LogP contribution in [-0.4, -0.2) is 5.91 Å². The van der Waals surface area contributed by atoms with Crippen LogP contribution < -0.4 is 9.80 Å². The van der Waals surface area contributed by atoms with E-state index in [1.165, 1.54) is 0 Å². The number of carbonyl (C=O) groups excluding carboxylic acids is 1. The number of amides is 1. The highest BCUT2D eigenvalue weighted by Gasteiger charge is 2.39. The molecule has 1 atom stereocenters. The monoisotopic (exact) mass is 472 g/mol. The summed E-state index contributed by atoms with van der Waals surface area (Å²) in [6.07, 6.45) is -0.398. The van der Waals surface area contributed by atoms with Gasteiger partial charge in [-0.25, -0.2) is 0 Å². The fourth-order valence-corrected chi connectivity index (χ4v) is 4.64. The molecule has 0 aromatic heterocycles. The van der Waals surface area contributed by atoms with E-state index in [1.807, 2.05) is 90.7 Å². The molecule has 5 heteroatoms. The van der Waals surface area contributed by atoms with Gasteiger partial charge in [-0.15, -0.1) is 0 Å². The molecule has 33 heavy (non-hydrogen) atoms. The Kier molecular flexibility index (Phi) is 5.84. The molecule has 1 aliphatic rings. The van der Waals surface area contributed by atoms with Gasteiger partial charge in [-0.05, 0) is 54.4 Å². The van der Waals surface area contributed by atoms with Gasteiger partial charge in [0.2, 0.25) is 0 Å². The van der Waals surface area contributed by atoms with E-state index in [9.17, 15) is 4.79 Å². The number of halogens is 2. The molecule has 1 amide bonds. The summed E-state index contributed by atoms with van der Waals surface area (Å²) in [5.74, 6) is -0.0464. The number of nitrogens with zero attached hydrogens (tertiary/aromatic N) is 2. The van der Waals surface area contributed by atoms with Gasteiger partial charge < -0.3 is 4.90 Å². The number of hydrogen-bond donors (Lipinski definition) is 0. The van der Waals surface area contributed by atoms with Gasteiger partial charge in [0.05, 0.1) is 21.3 Å². The highest BCUT2D eigenvalue weighted by molar-refractivity contribution is 6.42. The zero-order chi connectivity index (χ0) is 22.9. The molecule has 0 fully saturated rings. The summed E-state index contributed by atoms with van der Waals surface area (Å²) in [5, 5.41) is 0.948. The van der Waals surface area contributed by atoms with E-state index in [0.29, 0.717) is 22.2 Å². The molecule has 0 spiro atoms. The predicted octanol–water partition coefficient (Wildman–Crippen LogP) is 7.67. The standard InChI is InChI=1S/C28H22Cl2N2O/c1-19-11-14-22(15-12-19)32-27(21-13-16-24(29)25(30)17-21)31(18-20-7-3-2-4-8-20)26-10-6-5-9-23(26)28(32)33/h2-17,27H,18H2,1H3/t27-/m1/s1. The summed E-state index contributed by atoms with van der Waals surface area (Å²) < 4.78 is 0. The van der Waals surface area contributed by atoms with E-state index < -0.39 is 6.17 Å². The van der Waals surface area contributed by atoms with Crippen LogP contribution >= 0.6 is 23.2 Å². The molecule has 1 heterocycles. The Morgan fingerprint density at radius 2 is 1.48 bits per heavy atom. The number of para-hydroxylation sites is 1. The molecule has 0 aliphatic carbocycles. The zero-order valence-corrected chi connectivity index (χ0v) is 19.6. The lowest BCUT2D eigenvalue weighted by Crippen LogP contribution is -2.49. The van der Waals surface area contributed by atoms with Crippen molar-refractivity contribution in [3.63, 3.8) is 0 Å². The zero-order valence-electron chi connectivity index (χ0n) is 18.1. The first-order chi connectivity index (χ1) is 16.0. The van der Waals surface area contributed by atoms with Crippen molar-refractivity contribution in [2.75, 3.05) is 9.80 Å². The molecule has 3 nitrogen and oxygen atoms in total. The van der Waals surface area contributed by atoms with Gasteiger partial charge in [-0.2, -0.15) is 0 Å². The van der Waals surface area contributed by atoms with Crippen LogP contribution in [0.1, 0.15) is 33.2 Å². The fraction of sp³-hybridized carbons (Fsp3) is 0.107. The minimum atomic E-state index is -0.398. The number of hydrogen-bond acceptors (Lipinski definition) is 2. The van der Waals surface area contributed by atoms with E-state index in [4.69, 9.17) is 23.2 Å². The quantitative estimate of drug-likeness (QED) is 0.304. The van der Waals surface area contributed by atoms with Crippen LogP contribution in [0.3, 0.4) is 0 Å². The van der Waals surface area contributed by atoms with Crippen molar-refractivity contribution in [2.24, 2.45) is 0 Å². The van der Waals surface area contributed by atoms with Crippen molar-refractivity contribution in [3.05, 3.63) is 129 Å². The normalized spacial score (nSPS) is 15.5. The maximum atomic E-state index is 13.9. The second kappa shape index (κ2) is 8.93. The Balaban J connectivity index is 1.74. The van der Waals surface area contributed by atoms with Crippen LogP contribution in [0.5, 0.6) is 0 Å². The highest BCUT2D eigenvalue weighted by Crippen LogP contribution is 2.43. The number of benzene rings is 4. The summed E-state index contributed by atoms with van der Waals surface area (Å²) in [6, 6.07) is 31.7. The van der Waals surface area contributed by atoms with Crippen molar-refractivity contribution >= 4 is 40.5 Å². The van der Waals surface area contributed by atoms with Crippen LogP contribution in [0, 0.1) is 6.92 Å². The highest BCUT2D eigenvalue weighted by atomic mass is 35.5. The van der Waals surface area contributed by atoms with Gasteiger partial charge in [0.15, 0.2) is 0 Å². The smallest absolute Gasteiger partial charge is 0.262 e. The van der Waals surface area contributed by atoms with Gasteiger partial charge in [0.25, 0.3) is 5.91 Å². The third kappa shape index (κ3) is 4.10. The van der Waals surface area contributed by atoms with Crippen molar-refractivity contribution in [2.45, 2.75) is 19.6 Å². The average molecular weight is 473 g/mol. The number of fused-ring (bicyclic) bond motifs is 1. The molecule has 0 N–H and O–H groups in total. The molecule has 0 saturated heterocycles. The minimum absolute atomic E-state index is 0.0464. The summed E-state index contributed by atoms with van der Waals surface area (Å²) in [5.41, 5.74) is 5.57. The lowest BCUT2D eigenvalue weighted by Gasteiger charge is -2.46. The summed E-state index contributed by atoms with van der Waals surface area (Å²) in [4.78, 5) is 18.0. The number of aryl methyl sites for hydroxylation is 1. The molecule has 5 rings (SSSR count). The first kappa shape index (κ1) is 21.6. The topological polar surface area (TPSA) is 23.6 Å². The summed E-state index contributed by atoms with van der Waals surface area (Å²) >= 11 is 12.7. The molecule has 4 aromatic carbocycles. The Labute approximate surface area is 203 Å². The van der Waals surface area contributed by atoms with Crippen molar-refractivity contribution < 1.29 is 4.79 Å². The fourth-order valence-electron chi connectivity index (χ4n) is 4.33. The molecule has 1 aliphatic heterocycles. The van der Waals surface area contributed by atoms with Gasteiger partial charge in [0, 0.05) is 12.2 Å². The van der Waals surface area contributed by atoms with Gasteiger partial charge in [0.1, 0.15) is 6.17 Å². The molecule has 0 unspecified atom stereocenters. The molecule has 164 valence electrons. The lowest BCUT2D eigenvalue weighted by atomic mass is 9.99. The molecule has 0 bridgehead atoms. The van der Waals surface area contributed by atoms with Crippen LogP contribution in [-0.2, 0) is 6.54 Å².